The van der Waals surface area contributed by atoms with Crippen LogP contribution in [0.1, 0.15) is 19.0 Å². The Balaban J connectivity index is 1.45. The molecule has 1 aliphatic heterocycles. The minimum Gasteiger partial charge on any atom is -0.486 e. The first-order valence-electron chi connectivity index (χ1n) is 9.24. The average molecular weight is 366 g/mol. The van der Waals surface area contributed by atoms with Crippen molar-refractivity contribution in [2.45, 2.75) is 25.9 Å². The molecule has 0 radical (unpaired) electrons. The molecule has 6 nitrogen and oxygen atoms in total. The second-order valence-corrected chi connectivity index (χ2v) is 6.64. The van der Waals surface area contributed by atoms with Gasteiger partial charge in [0.15, 0.2) is 23.2 Å². The number of amides is 1. The lowest BCUT2D eigenvalue weighted by atomic mass is 10.1. The molecule has 0 unspecified atom stereocenters. The van der Waals surface area contributed by atoms with Gasteiger partial charge in [-0.3, -0.25) is 4.79 Å². The molecule has 0 saturated carbocycles. The molecule has 6 heteroatoms. The summed E-state index contributed by atoms with van der Waals surface area (Å²) in [5.41, 5.74) is 1.37. The summed E-state index contributed by atoms with van der Waals surface area (Å²) in [7, 11) is 0. The van der Waals surface area contributed by atoms with Crippen LogP contribution in [0.3, 0.4) is 0 Å². The Kier molecular flexibility index (Phi) is 4.96. The van der Waals surface area contributed by atoms with Gasteiger partial charge in [0, 0.05) is 11.9 Å². The maximum absolute atomic E-state index is 12.9. The molecule has 0 fully saturated rings. The van der Waals surface area contributed by atoms with Crippen LogP contribution in [0.2, 0.25) is 0 Å². The topological polar surface area (TPSA) is 64.8 Å². The molecule has 27 heavy (non-hydrogen) atoms. The molecule has 2 heterocycles. The van der Waals surface area contributed by atoms with Crippen LogP contribution in [-0.2, 0) is 11.2 Å². The van der Waals surface area contributed by atoms with Crippen molar-refractivity contribution in [2.75, 3.05) is 19.7 Å². The molecule has 3 aromatic rings. The zero-order chi connectivity index (χ0) is 18.6. The number of ether oxygens (including phenoxy) is 2. The number of hydrogen-bond acceptors (Lipinski definition) is 5. The Hall–Kier alpha value is -3.02. The molecule has 0 aliphatic carbocycles. The summed E-state index contributed by atoms with van der Waals surface area (Å²) in [6.07, 6.45) is 0.890. The number of para-hydroxylation sites is 3. The molecule has 1 atom stereocenters. The van der Waals surface area contributed by atoms with Gasteiger partial charge in [0.05, 0.1) is 13.0 Å². The van der Waals surface area contributed by atoms with Crippen molar-refractivity contribution in [1.82, 2.24) is 10.1 Å². The van der Waals surface area contributed by atoms with E-state index in [-0.39, 0.29) is 18.4 Å². The smallest absolute Gasteiger partial charge is 0.228 e. The van der Waals surface area contributed by atoms with Gasteiger partial charge in [-0.15, -0.1) is 0 Å². The van der Waals surface area contributed by atoms with E-state index in [1.165, 1.54) is 0 Å². The fraction of sp³-hybridized carbons (Fsp3) is 0.333. The number of aromatic nitrogens is 1. The maximum atomic E-state index is 12.9. The second-order valence-electron chi connectivity index (χ2n) is 6.64. The number of benzene rings is 2. The highest BCUT2D eigenvalue weighted by Crippen LogP contribution is 2.31. The number of nitrogens with zero attached hydrogens (tertiary/aromatic N) is 2. The summed E-state index contributed by atoms with van der Waals surface area (Å²) < 4.78 is 17.1. The highest BCUT2D eigenvalue weighted by atomic mass is 16.6. The van der Waals surface area contributed by atoms with E-state index in [2.05, 4.69) is 12.1 Å². The molecule has 2 aromatic carbocycles. The first kappa shape index (κ1) is 17.4. The van der Waals surface area contributed by atoms with E-state index >= 15 is 0 Å². The van der Waals surface area contributed by atoms with Crippen LogP contribution in [-0.4, -0.2) is 41.8 Å². The third-order valence-corrected chi connectivity index (χ3v) is 4.61. The average Bonchev–Trinajstić information content (AvgIpc) is 3.10. The van der Waals surface area contributed by atoms with Gasteiger partial charge in [0.25, 0.3) is 0 Å². The lowest BCUT2D eigenvalue weighted by Gasteiger charge is -2.31. The van der Waals surface area contributed by atoms with Gasteiger partial charge in [-0.05, 0) is 30.7 Å². The van der Waals surface area contributed by atoms with E-state index in [9.17, 15) is 4.79 Å². The molecule has 1 aliphatic rings. The minimum atomic E-state index is -0.190. The van der Waals surface area contributed by atoms with E-state index in [1.54, 1.807) is 0 Å². The van der Waals surface area contributed by atoms with E-state index in [4.69, 9.17) is 14.0 Å². The summed E-state index contributed by atoms with van der Waals surface area (Å²) in [5.74, 6) is 1.48. The fourth-order valence-corrected chi connectivity index (χ4v) is 3.31. The van der Waals surface area contributed by atoms with Crippen molar-refractivity contribution in [3.05, 3.63) is 54.2 Å². The lowest BCUT2D eigenvalue weighted by Crippen LogP contribution is -2.44. The van der Waals surface area contributed by atoms with Crippen LogP contribution in [0.25, 0.3) is 11.0 Å². The largest absolute Gasteiger partial charge is 0.486 e. The van der Waals surface area contributed by atoms with Gasteiger partial charge < -0.3 is 18.9 Å². The van der Waals surface area contributed by atoms with Crippen molar-refractivity contribution in [3.8, 4) is 11.5 Å². The highest BCUT2D eigenvalue weighted by Gasteiger charge is 2.26. The SMILES string of the molecule is CCCN(C[C@H]1COc2ccccc2O1)C(=O)Cc1noc2ccccc12. The van der Waals surface area contributed by atoms with Crippen molar-refractivity contribution in [3.63, 3.8) is 0 Å². The predicted octanol–water partition coefficient (Wildman–Crippen LogP) is 3.45. The highest BCUT2D eigenvalue weighted by molar-refractivity contribution is 5.86. The Bertz CT molecular complexity index is 937. The summed E-state index contributed by atoms with van der Waals surface area (Å²) >= 11 is 0. The molecular weight excluding hydrogens is 344 g/mol. The second kappa shape index (κ2) is 7.70. The number of rotatable bonds is 6. The quantitative estimate of drug-likeness (QED) is 0.669. The van der Waals surface area contributed by atoms with Crippen LogP contribution in [0.5, 0.6) is 11.5 Å². The molecule has 1 aromatic heterocycles. The summed E-state index contributed by atoms with van der Waals surface area (Å²) in [4.78, 5) is 14.7. The van der Waals surface area contributed by atoms with Crippen LogP contribution >= 0.6 is 0 Å². The Morgan fingerprint density at radius 1 is 1.15 bits per heavy atom. The fourth-order valence-electron chi connectivity index (χ4n) is 3.31. The first-order chi connectivity index (χ1) is 13.2. The van der Waals surface area contributed by atoms with E-state index in [0.29, 0.717) is 31.0 Å². The number of carbonyl (C=O) groups excluding carboxylic acids is 1. The molecule has 0 spiro atoms. The zero-order valence-electron chi connectivity index (χ0n) is 15.3. The molecule has 1 amide bonds. The Morgan fingerprint density at radius 2 is 1.93 bits per heavy atom. The van der Waals surface area contributed by atoms with Crippen LogP contribution in [0.15, 0.2) is 53.1 Å². The van der Waals surface area contributed by atoms with Crippen molar-refractivity contribution in [1.29, 1.82) is 0 Å². The number of carbonyl (C=O) groups is 1. The van der Waals surface area contributed by atoms with E-state index < -0.39 is 0 Å². The lowest BCUT2D eigenvalue weighted by molar-refractivity contribution is -0.132. The standard InChI is InChI=1S/C21H22N2O4/c1-2-11-23(13-15-14-25-19-9-5-6-10-20(19)26-15)21(24)12-17-16-7-3-4-8-18(16)27-22-17/h3-10,15H,2,11-14H2,1H3/t15-/m0/s1. The summed E-state index contributed by atoms with van der Waals surface area (Å²) in [6.45, 7) is 3.63. The molecule has 0 saturated heterocycles. The molecule has 140 valence electrons. The van der Waals surface area contributed by atoms with Crippen LogP contribution < -0.4 is 9.47 Å². The van der Waals surface area contributed by atoms with Gasteiger partial charge in [-0.2, -0.15) is 0 Å². The van der Waals surface area contributed by atoms with Crippen molar-refractivity contribution >= 4 is 16.9 Å². The van der Waals surface area contributed by atoms with Crippen LogP contribution in [0, 0.1) is 0 Å². The van der Waals surface area contributed by atoms with Gasteiger partial charge >= 0.3 is 0 Å². The summed E-state index contributed by atoms with van der Waals surface area (Å²) in [5, 5.41) is 4.96. The first-order valence-corrected chi connectivity index (χ1v) is 9.24. The molecule has 0 N–H and O–H groups in total. The third-order valence-electron chi connectivity index (χ3n) is 4.61. The zero-order valence-corrected chi connectivity index (χ0v) is 15.3. The van der Waals surface area contributed by atoms with Gasteiger partial charge in [-0.1, -0.05) is 36.3 Å². The summed E-state index contributed by atoms with van der Waals surface area (Å²) in [6, 6.07) is 15.2. The van der Waals surface area contributed by atoms with E-state index in [1.807, 2.05) is 53.4 Å². The molecular formula is C21H22N2O4. The van der Waals surface area contributed by atoms with Crippen LogP contribution in [0.4, 0.5) is 0 Å². The molecule has 4 rings (SSSR count). The third kappa shape index (κ3) is 3.74. The van der Waals surface area contributed by atoms with E-state index in [0.717, 1.165) is 23.3 Å². The Morgan fingerprint density at radius 3 is 2.78 bits per heavy atom. The minimum absolute atomic E-state index is 0.0124. The monoisotopic (exact) mass is 366 g/mol. The van der Waals surface area contributed by atoms with Crippen molar-refractivity contribution in [2.24, 2.45) is 0 Å². The predicted molar refractivity (Wildman–Crippen MR) is 101 cm³/mol. The van der Waals surface area contributed by atoms with Crippen molar-refractivity contribution < 1.29 is 18.8 Å². The Labute approximate surface area is 157 Å². The molecule has 0 bridgehead atoms. The van der Waals surface area contributed by atoms with Gasteiger partial charge in [0.2, 0.25) is 5.91 Å². The van der Waals surface area contributed by atoms with Gasteiger partial charge in [0.1, 0.15) is 12.3 Å². The number of fused-ring (bicyclic) bond motifs is 2. The van der Waals surface area contributed by atoms with Gasteiger partial charge in [-0.25, -0.2) is 0 Å². The number of hydrogen-bond donors (Lipinski definition) is 0. The maximum Gasteiger partial charge on any atom is 0.228 e. The normalized spacial score (nSPS) is 15.7.